The summed E-state index contributed by atoms with van der Waals surface area (Å²) in [4.78, 5) is 19.6. The number of piperidine rings is 1. The molecule has 202 valence electrons. The van der Waals surface area contributed by atoms with Crippen LogP contribution in [0.15, 0.2) is 18.2 Å². The maximum atomic E-state index is 14.4. The van der Waals surface area contributed by atoms with E-state index in [1.165, 1.54) is 4.63 Å². The van der Waals surface area contributed by atoms with E-state index < -0.39 is 38.1 Å². The Bertz CT molecular complexity index is 1030. The zero-order valence-electron chi connectivity index (χ0n) is 23.5. The van der Waals surface area contributed by atoms with Gasteiger partial charge in [-0.3, -0.25) is 0 Å². The molecule has 8 heteroatoms. The zero-order chi connectivity index (χ0) is 27.0. The normalized spacial score (nSPS) is 20.6. The van der Waals surface area contributed by atoms with Gasteiger partial charge in [0.1, 0.15) is 19.8 Å². The Morgan fingerprint density at radius 3 is 2.36 bits per heavy atom. The van der Waals surface area contributed by atoms with Crippen molar-refractivity contribution in [2.45, 2.75) is 122 Å². The number of hydrogen-bond acceptors (Lipinski definition) is 5. The monoisotopic (exact) mass is 536 g/mol. The molecule has 1 aromatic carbocycles. The average molecular weight is 537 g/mol. The number of hydrogen-bond donors (Lipinski definition) is 1. The van der Waals surface area contributed by atoms with E-state index in [0.717, 1.165) is 15.8 Å². The fourth-order valence-electron chi connectivity index (χ4n) is 6.33. The van der Waals surface area contributed by atoms with Gasteiger partial charge in [-0.15, -0.1) is 11.3 Å². The molecule has 1 saturated heterocycles. The van der Waals surface area contributed by atoms with E-state index in [1.54, 1.807) is 16.2 Å². The predicted octanol–water partition coefficient (Wildman–Crippen LogP) is 7.34. The number of fused-ring (bicyclic) bond motifs is 1. The highest BCUT2D eigenvalue weighted by atomic mass is 32.1. The van der Waals surface area contributed by atoms with Crippen molar-refractivity contribution in [3.05, 3.63) is 23.8 Å². The largest absolute Gasteiger partial charge is 0.444 e. The maximum absolute atomic E-state index is 14.4. The van der Waals surface area contributed by atoms with Crippen molar-refractivity contribution in [2.24, 2.45) is 0 Å². The quantitative estimate of drug-likeness (QED) is 0.376. The average Bonchev–Trinajstić information content (AvgIpc) is 3.16. The number of rotatable bonds is 7. The van der Waals surface area contributed by atoms with Crippen LogP contribution < -0.4 is 4.63 Å². The Morgan fingerprint density at radius 1 is 1.19 bits per heavy atom. The minimum atomic E-state index is -1.94. The number of carbonyl (C=O) groups is 1. The van der Waals surface area contributed by atoms with Gasteiger partial charge in [-0.2, -0.15) is 0 Å². The second kappa shape index (κ2) is 11.1. The SMILES string of the molecule is CC(C)[Si](c1nc2cccc([C@H](O)C[C@@H]3C[C@H](F)CCN3C(=O)OC(C)(C)C)c2s1)(C(C)C)C(C)C. The summed E-state index contributed by atoms with van der Waals surface area (Å²) in [7, 11) is -1.94. The number of benzene rings is 1. The number of likely N-dealkylation sites (tertiary alicyclic amines) is 1. The van der Waals surface area contributed by atoms with Crippen LogP contribution in [0.3, 0.4) is 0 Å². The third-order valence-corrected chi connectivity index (χ3v) is 16.7. The van der Waals surface area contributed by atoms with Crippen LogP contribution in [-0.2, 0) is 4.74 Å². The first-order chi connectivity index (χ1) is 16.7. The second-order valence-corrected chi connectivity index (χ2v) is 19.5. The van der Waals surface area contributed by atoms with E-state index in [4.69, 9.17) is 9.72 Å². The van der Waals surface area contributed by atoms with Crippen molar-refractivity contribution < 1.29 is 19.0 Å². The van der Waals surface area contributed by atoms with Gasteiger partial charge in [-0.05, 0) is 68.3 Å². The lowest BCUT2D eigenvalue weighted by atomic mass is 9.93. The van der Waals surface area contributed by atoms with Crippen LogP contribution >= 0.6 is 11.3 Å². The topological polar surface area (TPSA) is 62.7 Å². The predicted molar refractivity (Wildman–Crippen MR) is 151 cm³/mol. The highest BCUT2D eigenvalue weighted by Crippen LogP contribution is 2.43. The Hall–Kier alpha value is -1.51. The highest BCUT2D eigenvalue weighted by Gasteiger charge is 2.47. The van der Waals surface area contributed by atoms with Crippen LogP contribution in [0, 0.1) is 0 Å². The van der Waals surface area contributed by atoms with Crippen molar-refractivity contribution in [3.63, 3.8) is 0 Å². The fourth-order valence-corrected chi connectivity index (χ4v) is 16.1. The molecule has 2 heterocycles. The molecule has 5 nitrogen and oxygen atoms in total. The van der Waals surface area contributed by atoms with Crippen LogP contribution in [0.4, 0.5) is 9.18 Å². The Labute approximate surface area is 221 Å². The number of aliphatic hydroxyl groups is 1. The van der Waals surface area contributed by atoms with Gasteiger partial charge < -0.3 is 14.7 Å². The number of amides is 1. The minimum Gasteiger partial charge on any atom is -0.444 e. The number of alkyl halides is 1. The van der Waals surface area contributed by atoms with Crippen LogP contribution in [-0.4, -0.2) is 53.5 Å². The minimum absolute atomic E-state index is 0.213. The number of aromatic nitrogens is 1. The van der Waals surface area contributed by atoms with Crippen molar-refractivity contribution in [2.75, 3.05) is 6.54 Å². The van der Waals surface area contributed by atoms with E-state index in [0.29, 0.717) is 29.6 Å². The lowest BCUT2D eigenvalue weighted by Crippen LogP contribution is -2.55. The summed E-state index contributed by atoms with van der Waals surface area (Å²) in [5.41, 5.74) is 2.73. The first kappa shape index (κ1) is 29.0. The third kappa shape index (κ3) is 5.81. The van der Waals surface area contributed by atoms with Crippen LogP contribution in [0.5, 0.6) is 0 Å². The third-order valence-electron chi connectivity index (χ3n) is 7.82. The first-order valence-electron chi connectivity index (χ1n) is 13.4. The van der Waals surface area contributed by atoms with Gasteiger partial charge in [0.25, 0.3) is 0 Å². The number of aliphatic hydroxyl groups excluding tert-OH is 1. The number of ether oxygens (including phenoxy) is 1. The summed E-state index contributed by atoms with van der Waals surface area (Å²) in [5, 5.41) is 11.4. The van der Waals surface area contributed by atoms with Crippen LogP contribution in [0.1, 0.15) is 93.2 Å². The summed E-state index contributed by atoms with van der Waals surface area (Å²) >= 11 is 1.73. The van der Waals surface area contributed by atoms with Crippen molar-refractivity contribution >= 4 is 40.4 Å². The maximum Gasteiger partial charge on any atom is 0.410 e. The molecule has 1 aliphatic heterocycles. The van der Waals surface area contributed by atoms with Crippen LogP contribution in [0.2, 0.25) is 16.6 Å². The van der Waals surface area contributed by atoms with Crippen molar-refractivity contribution in [1.82, 2.24) is 9.88 Å². The first-order valence-corrected chi connectivity index (χ1v) is 16.4. The van der Waals surface area contributed by atoms with Crippen molar-refractivity contribution in [1.29, 1.82) is 0 Å². The smallest absolute Gasteiger partial charge is 0.410 e. The second-order valence-electron chi connectivity index (χ2n) is 12.3. The molecular formula is C28H45FN2O3SSi. The molecule has 0 saturated carbocycles. The molecule has 1 aliphatic rings. The standard InChI is InChI=1S/C28H45FN2O3SSi/c1-17(2)36(18(3)4,19(5)6)26-30-23-12-10-11-22(25(23)35-26)24(32)16-21-15-20(29)13-14-31(21)27(33)34-28(7,8)9/h10-12,17-21,24,32H,13-16H2,1-9H3/t20-,21+,24-/m1/s1. The number of nitrogens with zero attached hydrogens (tertiary/aromatic N) is 2. The van der Waals surface area contributed by atoms with E-state index in [9.17, 15) is 14.3 Å². The Kier molecular flexibility index (Phi) is 8.94. The van der Waals surface area contributed by atoms with E-state index >= 15 is 0 Å². The van der Waals surface area contributed by atoms with E-state index in [1.807, 2.05) is 39.0 Å². The summed E-state index contributed by atoms with van der Waals surface area (Å²) in [6.07, 6.45) is -1.47. The number of halogens is 1. The highest BCUT2D eigenvalue weighted by molar-refractivity contribution is 7.31. The van der Waals surface area contributed by atoms with Gasteiger partial charge >= 0.3 is 6.09 Å². The van der Waals surface area contributed by atoms with Gasteiger partial charge in [0, 0.05) is 12.6 Å². The summed E-state index contributed by atoms with van der Waals surface area (Å²) in [5.74, 6) is 0. The van der Waals surface area contributed by atoms with Gasteiger partial charge in [0.15, 0.2) is 0 Å². The van der Waals surface area contributed by atoms with Gasteiger partial charge in [0.05, 0.1) is 21.0 Å². The van der Waals surface area contributed by atoms with Crippen molar-refractivity contribution in [3.8, 4) is 0 Å². The zero-order valence-corrected chi connectivity index (χ0v) is 25.3. The molecule has 1 N–H and O–H groups in total. The molecule has 0 spiro atoms. The van der Waals surface area contributed by atoms with Crippen LogP contribution in [0.25, 0.3) is 10.2 Å². The van der Waals surface area contributed by atoms with Gasteiger partial charge in [0.2, 0.25) is 0 Å². The van der Waals surface area contributed by atoms with E-state index in [-0.39, 0.29) is 12.8 Å². The molecule has 3 rings (SSSR count). The summed E-state index contributed by atoms with van der Waals surface area (Å²) < 4.78 is 22.3. The fraction of sp³-hybridized carbons (Fsp3) is 0.714. The molecule has 1 aromatic heterocycles. The number of thiazole rings is 1. The van der Waals surface area contributed by atoms with Gasteiger partial charge in [-0.1, -0.05) is 53.7 Å². The Morgan fingerprint density at radius 2 is 1.81 bits per heavy atom. The molecule has 0 unspecified atom stereocenters. The molecule has 36 heavy (non-hydrogen) atoms. The molecule has 0 radical (unpaired) electrons. The molecular weight excluding hydrogens is 491 g/mol. The Balaban J connectivity index is 1.96. The molecule has 0 aliphatic carbocycles. The van der Waals surface area contributed by atoms with E-state index in [2.05, 4.69) is 41.5 Å². The molecule has 1 amide bonds. The lowest BCUT2D eigenvalue weighted by molar-refractivity contribution is -0.00656. The summed E-state index contributed by atoms with van der Waals surface area (Å²) in [6, 6.07) is 5.50. The molecule has 1 fully saturated rings. The summed E-state index contributed by atoms with van der Waals surface area (Å²) in [6.45, 7) is 19.8. The lowest BCUT2D eigenvalue weighted by Gasteiger charge is -2.41. The molecule has 0 bridgehead atoms. The molecule has 3 atom stereocenters. The van der Waals surface area contributed by atoms with Gasteiger partial charge in [-0.25, -0.2) is 14.2 Å². The number of carbonyl (C=O) groups excluding carboxylic acids is 1. The molecule has 2 aromatic rings.